The Bertz CT molecular complexity index is 603. The van der Waals surface area contributed by atoms with Crippen LogP contribution in [-0.4, -0.2) is 33.4 Å². The normalized spacial score (nSPS) is 11.9. The molecule has 4 nitrogen and oxygen atoms in total. The van der Waals surface area contributed by atoms with Crippen LogP contribution in [0.15, 0.2) is 29.7 Å². The second-order valence-corrected chi connectivity index (χ2v) is 7.49. The fraction of sp³-hybridized carbons (Fsp3) is 0.429. The molecule has 1 aromatic rings. The van der Waals surface area contributed by atoms with E-state index in [0.29, 0.717) is 30.1 Å². The summed E-state index contributed by atoms with van der Waals surface area (Å²) in [7, 11) is -0.320. The molecule has 0 amide bonds. The lowest BCUT2D eigenvalue weighted by atomic mass is 10.2. The molecule has 21 heavy (non-hydrogen) atoms. The summed E-state index contributed by atoms with van der Waals surface area (Å²) in [6.45, 7) is 4.51. The van der Waals surface area contributed by atoms with E-state index in [2.05, 4.69) is 11.9 Å². The van der Waals surface area contributed by atoms with Gasteiger partial charge in [-0.1, -0.05) is 29.3 Å². The number of unbranched alkanes of at least 4 members (excludes halogenated alkanes) is 1. The predicted octanol–water partition coefficient (Wildman–Crippen LogP) is 3.30. The van der Waals surface area contributed by atoms with Crippen molar-refractivity contribution in [2.24, 2.45) is 0 Å². The number of nitrogens with zero attached hydrogens (tertiary/aromatic N) is 1. The molecule has 0 atom stereocenters. The minimum Gasteiger partial charge on any atom is -0.316 e. The molecular weight excluding hydrogens is 331 g/mol. The summed E-state index contributed by atoms with van der Waals surface area (Å²) in [5, 5.41) is 3.53. The van der Waals surface area contributed by atoms with Crippen LogP contribution in [-0.2, 0) is 16.6 Å². The highest BCUT2D eigenvalue weighted by Gasteiger charge is 2.24. The Morgan fingerprint density at radius 2 is 2.00 bits per heavy atom. The zero-order valence-electron chi connectivity index (χ0n) is 12.2. The highest BCUT2D eigenvalue weighted by atomic mass is 35.5. The second kappa shape index (κ2) is 8.15. The summed E-state index contributed by atoms with van der Waals surface area (Å²) in [5.41, 5.74) is 0.696. The molecule has 118 valence electrons. The first-order chi connectivity index (χ1) is 9.84. The zero-order chi connectivity index (χ0) is 16.0. The average Bonchev–Trinajstić information content (AvgIpc) is 2.41. The van der Waals surface area contributed by atoms with E-state index in [-0.39, 0.29) is 9.92 Å². The minimum absolute atomic E-state index is 0.0833. The molecule has 0 aliphatic heterocycles. The van der Waals surface area contributed by atoms with Crippen molar-refractivity contribution in [3.8, 4) is 0 Å². The van der Waals surface area contributed by atoms with E-state index in [0.717, 1.165) is 6.42 Å². The third-order valence-corrected chi connectivity index (χ3v) is 5.71. The van der Waals surface area contributed by atoms with Crippen molar-refractivity contribution in [3.63, 3.8) is 0 Å². The highest BCUT2D eigenvalue weighted by molar-refractivity contribution is 7.89. The summed E-state index contributed by atoms with van der Waals surface area (Å²) in [6, 6.07) is 3.00. The molecular formula is C14H20Cl2N2O2S. The molecule has 0 aliphatic rings. The molecule has 0 saturated carbocycles. The van der Waals surface area contributed by atoms with E-state index >= 15 is 0 Å². The van der Waals surface area contributed by atoms with Crippen LogP contribution < -0.4 is 5.32 Å². The number of halogens is 2. The topological polar surface area (TPSA) is 49.4 Å². The van der Waals surface area contributed by atoms with Gasteiger partial charge in [-0.2, -0.15) is 0 Å². The van der Waals surface area contributed by atoms with Gasteiger partial charge in [0.2, 0.25) is 10.0 Å². The van der Waals surface area contributed by atoms with Crippen molar-refractivity contribution in [1.29, 1.82) is 0 Å². The number of nitrogens with one attached hydrogen (secondary N) is 1. The average molecular weight is 351 g/mol. The van der Waals surface area contributed by atoms with E-state index in [9.17, 15) is 8.42 Å². The highest BCUT2D eigenvalue weighted by Crippen LogP contribution is 2.30. The van der Waals surface area contributed by atoms with Crippen LogP contribution in [0, 0.1) is 0 Å². The van der Waals surface area contributed by atoms with Crippen LogP contribution in [0.3, 0.4) is 0 Å². The standard InChI is InChI=1S/C14H20Cl2N2O2S/c1-4-5-6-7-18(3)21(19,20)14-8-11(10-17-2)12(15)9-13(14)16/h4,8-9,17H,1,5-7,10H2,2-3H3. The molecule has 0 aromatic heterocycles. The Morgan fingerprint density at radius 3 is 2.57 bits per heavy atom. The van der Waals surface area contributed by atoms with E-state index in [1.54, 1.807) is 20.2 Å². The first-order valence-electron chi connectivity index (χ1n) is 6.54. The molecule has 1 rings (SSSR count). The van der Waals surface area contributed by atoms with Crippen LogP contribution in [0.25, 0.3) is 0 Å². The molecule has 0 saturated heterocycles. The van der Waals surface area contributed by atoms with Gasteiger partial charge >= 0.3 is 0 Å². The van der Waals surface area contributed by atoms with Crippen molar-refractivity contribution in [1.82, 2.24) is 9.62 Å². The first kappa shape index (κ1) is 18.5. The van der Waals surface area contributed by atoms with Crippen molar-refractivity contribution < 1.29 is 8.42 Å². The maximum absolute atomic E-state index is 12.6. The van der Waals surface area contributed by atoms with Gasteiger partial charge in [0.05, 0.1) is 5.02 Å². The summed E-state index contributed by atoms with van der Waals surface area (Å²) in [6.07, 6.45) is 3.24. The van der Waals surface area contributed by atoms with Gasteiger partial charge in [-0.25, -0.2) is 12.7 Å². The van der Waals surface area contributed by atoms with Gasteiger partial charge in [0, 0.05) is 25.2 Å². The summed E-state index contributed by atoms with van der Waals surface area (Å²) >= 11 is 12.1. The van der Waals surface area contributed by atoms with Gasteiger partial charge in [-0.05, 0) is 37.6 Å². The zero-order valence-corrected chi connectivity index (χ0v) is 14.5. The van der Waals surface area contributed by atoms with Crippen molar-refractivity contribution >= 4 is 33.2 Å². The first-order valence-corrected chi connectivity index (χ1v) is 8.74. The third kappa shape index (κ3) is 4.69. The monoisotopic (exact) mass is 350 g/mol. The molecule has 0 spiro atoms. The van der Waals surface area contributed by atoms with E-state index in [4.69, 9.17) is 23.2 Å². The third-order valence-electron chi connectivity index (χ3n) is 3.04. The van der Waals surface area contributed by atoms with Crippen LogP contribution >= 0.6 is 23.2 Å². The minimum atomic E-state index is -3.63. The molecule has 1 N–H and O–H groups in total. The Kier molecular flexibility index (Phi) is 7.16. The molecule has 0 fully saturated rings. The molecule has 0 unspecified atom stereocenters. The largest absolute Gasteiger partial charge is 0.316 e. The predicted molar refractivity (Wildman–Crippen MR) is 88.5 cm³/mol. The van der Waals surface area contributed by atoms with Gasteiger partial charge < -0.3 is 5.32 Å². The summed E-state index contributed by atoms with van der Waals surface area (Å²) in [5.74, 6) is 0. The number of allylic oxidation sites excluding steroid dienone is 1. The van der Waals surface area contributed by atoms with Crippen LogP contribution in [0.5, 0.6) is 0 Å². The smallest absolute Gasteiger partial charge is 0.244 e. The Balaban J connectivity index is 3.12. The van der Waals surface area contributed by atoms with Gasteiger partial charge in [0.25, 0.3) is 0 Å². The SMILES string of the molecule is C=CCCCN(C)S(=O)(=O)c1cc(CNC)c(Cl)cc1Cl. The number of rotatable bonds is 8. The van der Waals surface area contributed by atoms with Gasteiger partial charge in [0.1, 0.15) is 4.90 Å². The second-order valence-electron chi connectivity index (χ2n) is 4.66. The molecule has 0 radical (unpaired) electrons. The molecule has 1 aromatic carbocycles. The molecule has 0 bridgehead atoms. The van der Waals surface area contributed by atoms with Crippen molar-refractivity contribution in [2.45, 2.75) is 24.3 Å². The van der Waals surface area contributed by atoms with Gasteiger partial charge in [-0.3, -0.25) is 0 Å². The molecule has 0 heterocycles. The van der Waals surface area contributed by atoms with Crippen LogP contribution in [0.4, 0.5) is 0 Å². The quantitative estimate of drug-likeness (QED) is 0.578. The maximum atomic E-state index is 12.6. The number of hydrogen-bond acceptors (Lipinski definition) is 3. The lowest BCUT2D eigenvalue weighted by molar-refractivity contribution is 0.463. The van der Waals surface area contributed by atoms with E-state index in [1.165, 1.54) is 16.4 Å². The van der Waals surface area contributed by atoms with E-state index < -0.39 is 10.0 Å². The van der Waals surface area contributed by atoms with Gasteiger partial charge in [0.15, 0.2) is 0 Å². The fourth-order valence-electron chi connectivity index (χ4n) is 1.84. The summed E-state index contributed by atoms with van der Waals surface area (Å²) in [4.78, 5) is 0.0833. The van der Waals surface area contributed by atoms with Crippen LogP contribution in [0.1, 0.15) is 18.4 Å². The van der Waals surface area contributed by atoms with Crippen molar-refractivity contribution in [2.75, 3.05) is 20.6 Å². The number of sulfonamides is 1. The van der Waals surface area contributed by atoms with Gasteiger partial charge in [-0.15, -0.1) is 6.58 Å². The summed E-state index contributed by atoms with van der Waals surface area (Å²) < 4.78 is 26.4. The molecule has 0 aliphatic carbocycles. The lowest BCUT2D eigenvalue weighted by Gasteiger charge is -2.18. The Hall–Kier alpha value is -0.590. The van der Waals surface area contributed by atoms with Crippen LogP contribution in [0.2, 0.25) is 10.0 Å². The lowest BCUT2D eigenvalue weighted by Crippen LogP contribution is -2.28. The molecule has 7 heteroatoms. The fourth-order valence-corrected chi connectivity index (χ4v) is 3.89. The van der Waals surface area contributed by atoms with Crippen molar-refractivity contribution in [3.05, 3.63) is 40.4 Å². The Morgan fingerprint density at radius 1 is 1.33 bits per heavy atom. The Labute approximate surface area is 136 Å². The van der Waals surface area contributed by atoms with E-state index in [1.807, 2.05) is 0 Å². The maximum Gasteiger partial charge on any atom is 0.244 e. The number of benzene rings is 1. The number of hydrogen-bond donors (Lipinski definition) is 1.